The molecule has 0 aromatic carbocycles. The molecule has 0 atom stereocenters. The minimum atomic E-state index is -0.707. The highest BCUT2D eigenvalue weighted by Gasteiger charge is 1.93. The zero-order valence-corrected chi connectivity index (χ0v) is 11.5. The highest BCUT2D eigenvalue weighted by atomic mass is 16.4. The van der Waals surface area contributed by atoms with Gasteiger partial charge in [-0.15, -0.1) is 6.58 Å². The number of hydrogen-bond donors (Lipinski definition) is 1. The van der Waals surface area contributed by atoms with Gasteiger partial charge < -0.3 is 5.11 Å². The van der Waals surface area contributed by atoms with Crippen LogP contribution in [-0.4, -0.2) is 11.1 Å². The number of rotatable bonds is 11. The molecule has 2 nitrogen and oxygen atoms in total. The van der Waals surface area contributed by atoms with Crippen LogP contribution in [0.25, 0.3) is 0 Å². The summed E-state index contributed by atoms with van der Waals surface area (Å²) in [7, 11) is 0. The molecule has 0 spiro atoms. The first-order valence-electron chi connectivity index (χ1n) is 6.80. The number of allylic oxidation sites excluding steroid dienone is 5. The van der Waals surface area contributed by atoms with Gasteiger partial charge in [0.05, 0.1) is 0 Å². The second kappa shape index (κ2) is 12.2. The lowest BCUT2D eigenvalue weighted by Crippen LogP contribution is -1.92. The smallest absolute Gasteiger partial charge is 0.303 e. The van der Waals surface area contributed by atoms with Crippen molar-refractivity contribution in [2.75, 3.05) is 0 Å². The summed E-state index contributed by atoms with van der Waals surface area (Å²) >= 11 is 0. The molecule has 18 heavy (non-hydrogen) atoms. The van der Waals surface area contributed by atoms with Crippen LogP contribution in [0, 0.1) is 0 Å². The van der Waals surface area contributed by atoms with E-state index in [2.05, 4.69) is 31.7 Å². The number of carbonyl (C=O) groups is 1. The number of carboxylic acid groups (broad SMARTS) is 1. The molecule has 0 unspecified atom stereocenters. The molecule has 0 rings (SSSR count). The van der Waals surface area contributed by atoms with E-state index >= 15 is 0 Å². The predicted octanol–water partition coefficient (Wildman–Crippen LogP) is 4.88. The Kier molecular flexibility index (Phi) is 11.3. The van der Waals surface area contributed by atoms with E-state index in [-0.39, 0.29) is 6.42 Å². The highest BCUT2D eigenvalue weighted by molar-refractivity contribution is 5.66. The van der Waals surface area contributed by atoms with Gasteiger partial charge in [0.15, 0.2) is 0 Å². The van der Waals surface area contributed by atoms with Crippen molar-refractivity contribution in [1.29, 1.82) is 0 Å². The fraction of sp³-hybridized carbons (Fsp3) is 0.562. The van der Waals surface area contributed by atoms with Crippen molar-refractivity contribution >= 4 is 5.97 Å². The van der Waals surface area contributed by atoms with Crippen LogP contribution in [0.15, 0.2) is 36.5 Å². The Morgan fingerprint density at radius 2 is 1.78 bits per heavy atom. The minimum Gasteiger partial charge on any atom is -0.481 e. The lowest BCUT2D eigenvalue weighted by atomic mass is 10.1. The van der Waals surface area contributed by atoms with Crippen molar-refractivity contribution in [3.05, 3.63) is 36.5 Å². The van der Waals surface area contributed by atoms with E-state index < -0.39 is 5.97 Å². The lowest BCUT2D eigenvalue weighted by molar-refractivity contribution is -0.137. The Labute approximate surface area is 111 Å². The van der Waals surface area contributed by atoms with Crippen LogP contribution in [0.2, 0.25) is 0 Å². The quantitative estimate of drug-likeness (QED) is 0.419. The fourth-order valence-corrected chi connectivity index (χ4v) is 1.63. The van der Waals surface area contributed by atoms with Gasteiger partial charge in [-0.25, -0.2) is 0 Å². The Bertz CT molecular complexity index is 287. The van der Waals surface area contributed by atoms with Gasteiger partial charge in [-0.2, -0.15) is 0 Å². The summed E-state index contributed by atoms with van der Waals surface area (Å²) in [5.74, 6) is -0.707. The Balaban J connectivity index is 3.48. The van der Waals surface area contributed by atoms with Crippen molar-refractivity contribution in [3.63, 3.8) is 0 Å². The van der Waals surface area contributed by atoms with Crippen LogP contribution in [0.5, 0.6) is 0 Å². The minimum absolute atomic E-state index is 0.270. The molecule has 1 N–H and O–H groups in total. The monoisotopic (exact) mass is 250 g/mol. The van der Waals surface area contributed by atoms with Gasteiger partial charge in [0.2, 0.25) is 0 Å². The molecule has 0 fully saturated rings. The van der Waals surface area contributed by atoms with Gasteiger partial charge >= 0.3 is 5.97 Å². The van der Waals surface area contributed by atoms with E-state index in [0.717, 1.165) is 38.5 Å². The van der Waals surface area contributed by atoms with Crippen LogP contribution in [-0.2, 0) is 4.79 Å². The second-order valence-electron chi connectivity index (χ2n) is 4.57. The zero-order valence-electron chi connectivity index (χ0n) is 11.5. The maximum Gasteiger partial charge on any atom is 0.303 e. The molecule has 102 valence electrons. The largest absolute Gasteiger partial charge is 0.481 e. The number of hydrogen-bond acceptors (Lipinski definition) is 1. The summed E-state index contributed by atoms with van der Waals surface area (Å²) in [5, 5.41) is 8.47. The number of unbranched alkanes of at least 4 members (excludes halogenated alkanes) is 3. The molecule has 0 aliphatic heterocycles. The molecule has 0 saturated carbocycles. The van der Waals surface area contributed by atoms with Crippen LogP contribution in [0.1, 0.15) is 58.3 Å². The second-order valence-corrected chi connectivity index (χ2v) is 4.57. The van der Waals surface area contributed by atoms with Gasteiger partial charge in [0.1, 0.15) is 0 Å². The van der Waals surface area contributed by atoms with Crippen molar-refractivity contribution < 1.29 is 9.90 Å². The molecule has 0 saturated heterocycles. The summed E-state index contributed by atoms with van der Waals surface area (Å²) in [4.78, 5) is 10.3. The topological polar surface area (TPSA) is 37.3 Å². The van der Waals surface area contributed by atoms with E-state index in [1.807, 2.05) is 6.08 Å². The molecule has 0 aliphatic carbocycles. The van der Waals surface area contributed by atoms with Gasteiger partial charge in [-0.05, 0) is 51.9 Å². The van der Waals surface area contributed by atoms with Gasteiger partial charge in [0, 0.05) is 6.42 Å². The summed E-state index contributed by atoms with van der Waals surface area (Å²) in [6, 6.07) is 0. The molecular formula is C16H26O2. The first kappa shape index (κ1) is 16.7. The lowest BCUT2D eigenvalue weighted by Gasteiger charge is -1.98. The molecule has 0 heterocycles. The third-order valence-electron chi connectivity index (χ3n) is 2.74. The zero-order chi connectivity index (χ0) is 13.6. The highest BCUT2D eigenvalue weighted by Crippen LogP contribution is 2.08. The van der Waals surface area contributed by atoms with E-state index in [1.165, 1.54) is 12.0 Å². The summed E-state index contributed by atoms with van der Waals surface area (Å²) in [5.41, 5.74) is 1.44. The number of carboxylic acids is 1. The van der Waals surface area contributed by atoms with E-state index in [4.69, 9.17) is 5.11 Å². The summed E-state index contributed by atoms with van der Waals surface area (Å²) < 4.78 is 0. The maximum absolute atomic E-state index is 10.3. The van der Waals surface area contributed by atoms with Crippen LogP contribution in [0.4, 0.5) is 0 Å². The average Bonchev–Trinajstić information content (AvgIpc) is 2.33. The average molecular weight is 250 g/mol. The standard InChI is InChI=1S/C16H26O2/c1-3-4-5-9-12-15(2)13-10-7-6-8-11-14-16(17)18/h3,6-7,12H,1,4-5,8-11,13-14H2,2H3,(H,17,18)/b7-6-,15-12+. The molecule has 0 aromatic rings. The molecule has 0 amide bonds. The van der Waals surface area contributed by atoms with Crippen molar-refractivity contribution in [2.45, 2.75) is 58.3 Å². The fourth-order valence-electron chi connectivity index (χ4n) is 1.63. The molecule has 0 aliphatic rings. The van der Waals surface area contributed by atoms with Gasteiger partial charge in [-0.3, -0.25) is 4.79 Å². The van der Waals surface area contributed by atoms with Crippen LogP contribution in [0.3, 0.4) is 0 Å². The molecule has 0 bridgehead atoms. The van der Waals surface area contributed by atoms with E-state index in [0.29, 0.717) is 0 Å². The Morgan fingerprint density at radius 1 is 1.06 bits per heavy atom. The van der Waals surface area contributed by atoms with Gasteiger partial charge in [0.25, 0.3) is 0 Å². The predicted molar refractivity (Wildman–Crippen MR) is 77.7 cm³/mol. The maximum atomic E-state index is 10.3. The first-order chi connectivity index (χ1) is 8.66. The van der Waals surface area contributed by atoms with E-state index in [9.17, 15) is 4.79 Å². The van der Waals surface area contributed by atoms with Crippen LogP contribution >= 0.6 is 0 Å². The Morgan fingerprint density at radius 3 is 2.44 bits per heavy atom. The van der Waals surface area contributed by atoms with Crippen molar-refractivity contribution in [1.82, 2.24) is 0 Å². The molecule has 0 aromatic heterocycles. The van der Waals surface area contributed by atoms with Crippen LogP contribution < -0.4 is 0 Å². The third kappa shape index (κ3) is 12.8. The molecule has 2 heteroatoms. The SMILES string of the molecule is C=CCCC/C=C(\C)CC/C=C\CCCC(=O)O. The first-order valence-corrected chi connectivity index (χ1v) is 6.80. The normalized spacial score (nSPS) is 11.9. The van der Waals surface area contributed by atoms with E-state index in [1.54, 1.807) is 0 Å². The van der Waals surface area contributed by atoms with Crippen molar-refractivity contribution in [3.8, 4) is 0 Å². The van der Waals surface area contributed by atoms with Crippen molar-refractivity contribution in [2.24, 2.45) is 0 Å². The molecule has 0 radical (unpaired) electrons. The number of aliphatic carboxylic acids is 1. The summed E-state index contributed by atoms with van der Waals surface area (Å²) in [6.07, 6.45) is 16.0. The third-order valence-corrected chi connectivity index (χ3v) is 2.74. The summed E-state index contributed by atoms with van der Waals surface area (Å²) in [6.45, 7) is 5.88. The Hall–Kier alpha value is -1.31. The van der Waals surface area contributed by atoms with Gasteiger partial charge in [-0.1, -0.05) is 29.9 Å². The molecular weight excluding hydrogens is 224 g/mol.